The molecule has 0 saturated heterocycles. The third kappa shape index (κ3) is 6.54. The molecule has 0 radical (unpaired) electrons. The van der Waals surface area contributed by atoms with E-state index in [9.17, 15) is 13.6 Å². The summed E-state index contributed by atoms with van der Waals surface area (Å²) < 4.78 is 39.8. The van der Waals surface area contributed by atoms with Gasteiger partial charge in [-0.15, -0.1) is 0 Å². The van der Waals surface area contributed by atoms with E-state index in [0.29, 0.717) is 23.8 Å². The summed E-state index contributed by atoms with van der Waals surface area (Å²) in [5, 5.41) is -1.18. The van der Waals surface area contributed by atoms with Gasteiger partial charge in [-0.05, 0) is 72.5 Å². The highest BCUT2D eigenvalue weighted by Gasteiger charge is 2.43. The fourth-order valence-corrected chi connectivity index (χ4v) is 5.08. The summed E-state index contributed by atoms with van der Waals surface area (Å²) in [4.78, 5) is 13.2. The largest absolute Gasteiger partial charge is 0.497 e. The van der Waals surface area contributed by atoms with Crippen molar-refractivity contribution in [3.8, 4) is 5.75 Å². The van der Waals surface area contributed by atoms with E-state index in [-0.39, 0.29) is 16.9 Å². The minimum atomic E-state index is -3.79. The van der Waals surface area contributed by atoms with Crippen LogP contribution in [-0.2, 0) is 14.9 Å². The molecule has 3 atom stereocenters. The van der Waals surface area contributed by atoms with Crippen LogP contribution in [0.1, 0.15) is 52.5 Å². The van der Waals surface area contributed by atoms with Crippen molar-refractivity contribution < 1.29 is 23.0 Å². The number of methoxy groups -OCH3 is 1. The fraction of sp³-hybridized carbons (Fsp3) is 0.464. The van der Waals surface area contributed by atoms with Crippen LogP contribution >= 0.6 is 11.6 Å². The van der Waals surface area contributed by atoms with Crippen LogP contribution in [0.4, 0.5) is 14.5 Å². The summed E-state index contributed by atoms with van der Waals surface area (Å²) >= 11 is 5.41. The van der Waals surface area contributed by atoms with Crippen LogP contribution in [0.5, 0.6) is 5.75 Å². The van der Waals surface area contributed by atoms with Crippen LogP contribution in [0.2, 0.25) is 0 Å². The van der Waals surface area contributed by atoms with Gasteiger partial charge in [0.2, 0.25) is 0 Å². The summed E-state index contributed by atoms with van der Waals surface area (Å²) in [6.07, 6.45) is 2.18. The molecule has 0 aromatic heterocycles. The van der Waals surface area contributed by atoms with Crippen molar-refractivity contribution in [2.45, 2.75) is 63.9 Å². The average molecular weight is 506 g/mol. The minimum absolute atomic E-state index is 0.0485. The molecule has 190 valence electrons. The molecule has 3 rings (SSSR count). The van der Waals surface area contributed by atoms with Crippen molar-refractivity contribution in [2.24, 2.45) is 11.8 Å². The second-order valence-corrected chi connectivity index (χ2v) is 10.4. The van der Waals surface area contributed by atoms with E-state index in [2.05, 4.69) is 38.2 Å². The van der Waals surface area contributed by atoms with Crippen LogP contribution < -0.4 is 10.1 Å². The maximum absolute atomic E-state index is 14.4. The standard InChI is InChI=1S/C28H34ClF2NO3/c1-18-11-16-23(27(3,4)20-9-7-6-8-10-20)24(17-18)35-26(33)19(2)25(28(29,30)31)32-21-12-14-22(34-5)15-13-21/h6-10,12-15,18,23-24,32H,11,16-17H2,1-5H3/b25-19-/t18-,23-,24-/m1/s1. The molecule has 0 aliphatic heterocycles. The Morgan fingerprint density at radius 1 is 1.06 bits per heavy atom. The number of alkyl halides is 3. The summed E-state index contributed by atoms with van der Waals surface area (Å²) in [6.45, 7) is 7.74. The lowest BCUT2D eigenvalue weighted by Gasteiger charge is -2.44. The average Bonchev–Trinajstić information content (AvgIpc) is 2.82. The molecule has 0 unspecified atom stereocenters. The van der Waals surface area contributed by atoms with Gasteiger partial charge < -0.3 is 14.8 Å². The first-order chi connectivity index (χ1) is 16.4. The molecule has 0 amide bonds. The summed E-state index contributed by atoms with van der Waals surface area (Å²) in [5.74, 6) is 0.196. The highest BCUT2D eigenvalue weighted by molar-refractivity contribution is 6.24. The lowest BCUT2D eigenvalue weighted by Crippen LogP contribution is -2.43. The maximum atomic E-state index is 14.4. The molecule has 1 saturated carbocycles. The number of hydrogen-bond acceptors (Lipinski definition) is 4. The van der Waals surface area contributed by atoms with Gasteiger partial charge >= 0.3 is 11.4 Å². The van der Waals surface area contributed by atoms with Gasteiger partial charge in [-0.3, -0.25) is 0 Å². The van der Waals surface area contributed by atoms with Gasteiger partial charge in [-0.2, -0.15) is 8.78 Å². The van der Waals surface area contributed by atoms with Crippen molar-refractivity contribution in [3.63, 3.8) is 0 Å². The molecule has 1 N–H and O–H groups in total. The molecule has 0 bridgehead atoms. The monoisotopic (exact) mass is 505 g/mol. The molecule has 0 spiro atoms. The van der Waals surface area contributed by atoms with Gasteiger partial charge in [0.05, 0.1) is 12.7 Å². The highest BCUT2D eigenvalue weighted by atomic mass is 35.5. The first-order valence-electron chi connectivity index (χ1n) is 11.9. The number of benzene rings is 2. The van der Waals surface area contributed by atoms with E-state index in [1.807, 2.05) is 18.2 Å². The number of carbonyl (C=O) groups is 1. The Morgan fingerprint density at radius 3 is 2.26 bits per heavy atom. The number of hydrogen-bond donors (Lipinski definition) is 1. The minimum Gasteiger partial charge on any atom is -0.497 e. The Kier molecular flexibility index (Phi) is 8.47. The van der Waals surface area contributed by atoms with Gasteiger partial charge in [-0.1, -0.05) is 57.5 Å². The Bertz CT molecular complexity index is 1030. The Morgan fingerprint density at radius 2 is 1.69 bits per heavy atom. The van der Waals surface area contributed by atoms with Crippen LogP contribution in [0.25, 0.3) is 0 Å². The molecule has 2 aromatic rings. The zero-order valence-corrected chi connectivity index (χ0v) is 21.7. The van der Waals surface area contributed by atoms with Crippen LogP contribution in [0.15, 0.2) is 65.9 Å². The molecular weight excluding hydrogens is 472 g/mol. The van der Waals surface area contributed by atoms with E-state index in [0.717, 1.165) is 18.4 Å². The number of rotatable bonds is 8. The first-order valence-corrected chi connectivity index (χ1v) is 12.3. The van der Waals surface area contributed by atoms with Gasteiger partial charge in [0.15, 0.2) is 0 Å². The summed E-state index contributed by atoms with van der Waals surface area (Å²) in [5.41, 5.74) is 0.293. The fourth-order valence-electron chi connectivity index (χ4n) is 4.89. The highest BCUT2D eigenvalue weighted by Crippen LogP contribution is 2.44. The van der Waals surface area contributed by atoms with Crippen molar-refractivity contribution in [1.29, 1.82) is 0 Å². The normalized spacial score (nSPS) is 21.7. The quantitative estimate of drug-likeness (QED) is 0.229. The maximum Gasteiger partial charge on any atom is 0.363 e. The molecule has 2 aromatic carbocycles. The summed E-state index contributed by atoms with van der Waals surface area (Å²) in [6, 6.07) is 16.5. The Labute approximate surface area is 211 Å². The number of ether oxygens (including phenoxy) is 2. The van der Waals surface area contributed by atoms with E-state index in [4.69, 9.17) is 21.1 Å². The van der Waals surface area contributed by atoms with E-state index in [1.54, 1.807) is 24.3 Å². The molecule has 1 fully saturated rings. The third-order valence-electron chi connectivity index (χ3n) is 7.08. The second-order valence-electron chi connectivity index (χ2n) is 9.91. The number of carbonyl (C=O) groups excluding carboxylic acids is 1. The van der Waals surface area contributed by atoms with Crippen LogP contribution in [0, 0.1) is 11.8 Å². The van der Waals surface area contributed by atoms with Gasteiger partial charge in [0, 0.05) is 11.6 Å². The summed E-state index contributed by atoms with van der Waals surface area (Å²) in [7, 11) is 1.51. The lowest BCUT2D eigenvalue weighted by atomic mass is 9.64. The van der Waals surface area contributed by atoms with Crippen LogP contribution in [-0.4, -0.2) is 24.6 Å². The lowest BCUT2D eigenvalue weighted by molar-refractivity contribution is -0.151. The topological polar surface area (TPSA) is 47.6 Å². The molecular formula is C28H34ClF2NO3. The van der Waals surface area contributed by atoms with Gasteiger partial charge in [-0.25, -0.2) is 4.79 Å². The predicted octanol–water partition coefficient (Wildman–Crippen LogP) is 7.54. The number of halogens is 3. The smallest absolute Gasteiger partial charge is 0.363 e. The molecule has 35 heavy (non-hydrogen) atoms. The van der Waals surface area contributed by atoms with Crippen molar-refractivity contribution >= 4 is 23.3 Å². The third-order valence-corrected chi connectivity index (χ3v) is 7.27. The number of anilines is 1. The van der Waals surface area contributed by atoms with Crippen molar-refractivity contribution in [2.75, 3.05) is 12.4 Å². The number of nitrogens with one attached hydrogen (secondary N) is 1. The van der Waals surface area contributed by atoms with Gasteiger partial charge in [0.25, 0.3) is 0 Å². The molecule has 1 aliphatic carbocycles. The van der Waals surface area contributed by atoms with Crippen LogP contribution in [0.3, 0.4) is 0 Å². The van der Waals surface area contributed by atoms with Gasteiger partial charge in [0.1, 0.15) is 17.6 Å². The van der Waals surface area contributed by atoms with E-state index in [1.165, 1.54) is 14.0 Å². The second kappa shape index (κ2) is 11.0. The molecule has 1 aliphatic rings. The zero-order chi connectivity index (χ0) is 25.8. The Hall–Kier alpha value is -2.60. The SMILES string of the molecule is COc1ccc(N/C(=C(/C)C(=O)O[C@@H]2C[C@H](C)CC[C@H]2C(C)(C)c2ccccc2)C(F)(F)Cl)cc1. The first kappa shape index (κ1) is 27.0. The number of allylic oxidation sites excluding steroid dienone is 1. The molecule has 7 heteroatoms. The van der Waals surface area contributed by atoms with Crippen molar-refractivity contribution in [3.05, 3.63) is 71.4 Å². The molecule has 0 heterocycles. The number of esters is 1. The Balaban J connectivity index is 1.87. The molecule has 4 nitrogen and oxygen atoms in total. The van der Waals surface area contributed by atoms with Crippen molar-refractivity contribution in [1.82, 2.24) is 0 Å². The van der Waals surface area contributed by atoms with E-state index < -0.39 is 23.2 Å². The predicted molar refractivity (Wildman–Crippen MR) is 136 cm³/mol. The van der Waals surface area contributed by atoms with E-state index >= 15 is 0 Å². The zero-order valence-electron chi connectivity index (χ0n) is 20.9.